The number of ether oxygens (including phenoxy) is 1. The van der Waals surface area contributed by atoms with E-state index < -0.39 is 16.0 Å². The summed E-state index contributed by atoms with van der Waals surface area (Å²) in [7, 11) is -3.79. The molecule has 0 bridgehead atoms. The predicted octanol–water partition coefficient (Wildman–Crippen LogP) is 2.83. The maximum atomic E-state index is 12.2. The summed E-state index contributed by atoms with van der Waals surface area (Å²) in [6.07, 6.45) is 5.15. The molecule has 21 heavy (non-hydrogen) atoms. The van der Waals surface area contributed by atoms with E-state index in [0.29, 0.717) is 15.7 Å². The second-order valence-electron chi connectivity index (χ2n) is 5.47. The van der Waals surface area contributed by atoms with Crippen LogP contribution < -0.4 is 5.14 Å². The van der Waals surface area contributed by atoms with Crippen LogP contribution >= 0.6 is 11.3 Å². The zero-order chi connectivity index (χ0) is 15.6. The van der Waals surface area contributed by atoms with Crippen LogP contribution in [0.2, 0.25) is 0 Å². The van der Waals surface area contributed by atoms with E-state index in [9.17, 15) is 13.2 Å². The van der Waals surface area contributed by atoms with E-state index in [4.69, 9.17) is 9.88 Å². The van der Waals surface area contributed by atoms with Crippen LogP contribution in [0.25, 0.3) is 0 Å². The minimum Gasteiger partial charge on any atom is -0.458 e. The molecule has 1 aliphatic carbocycles. The summed E-state index contributed by atoms with van der Waals surface area (Å²) in [5.41, 5.74) is 0. The first-order chi connectivity index (χ1) is 9.82. The number of primary sulfonamides is 1. The van der Waals surface area contributed by atoms with Crippen molar-refractivity contribution in [2.24, 2.45) is 11.1 Å². The van der Waals surface area contributed by atoms with Crippen LogP contribution in [-0.2, 0) is 14.8 Å². The van der Waals surface area contributed by atoms with Gasteiger partial charge in [-0.15, -0.1) is 11.3 Å². The molecule has 7 heteroatoms. The van der Waals surface area contributed by atoms with E-state index in [2.05, 4.69) is 6.92 Å². The number of hydrogen-bond donors (Lipinski definition) is 1. The van der Waals surface area contributed by atoms with Crippen LogP contribution in [0.4, 0.5) is 0 Å². The molecule has 0 radical (unpaired) electrons. The summed E-state index contributed by atoms with van der Waals surface area (Å²) in [4.78, 5) is 13.0. The number of thiophene rings is 1. The summed E-state index contributed by atoms with van der Waals surface area (Å²) in [5, 5.41) is 5.13. The van der Waals surface area contributed by atoms with Gasteiger partial charge in [0.15, 0.2) is 0 Å². The molecule has 2 unspecified atom stereocenters. The van der Waals surface area contributed by atoms with E-state index in [1.165, 1.54) is 12.5 Å². The van der Waals surface area contributed by atoms with Gasteiger partial charge in [0.25, 0.3) is 0 Å². The number of carbonyl (C=O) groups is 1. The van der Waals surface area contributed by atoms with Gasteiger partial charge in [0.2, 0.25) is 10.0 Å². The number of esters is 1. The van der Waals surface area contributed by atoms with Crippen molar-refractivity contribution < 1.29 is 17.9 Å². The minimum absolute atomic E-state index is 0.00938. The Labute approximate surface area is 129 Å². The highest BCUT2D eigenvalue weighted by Gasteiger charge is 2.28. The van der Waals surface area contributed by atoms with Crippen molar-refractivity contribution in [2.75, 3.05) is 0 Å². The molecule has 118 valence electrons. The van der Waals surface area contributed by atoms with Crippen LogP contribution in [0.3, 0.4) is 0 Å². The van der Waals surface area contributed by atoms with Crippen LogP contribution in [0, 0.1) is 12.8 Å². The summed E-state index contributed by atoms with van der Waals surface area (Å²) in [5.74, 6) is -0.0372. The van der Waals surface area contributed by atoms with Crippen molar-refractivity contribution >= 4 is 27.3 Å². The van der Waals surface area contributed by atoms with Crippen molar-refractivity contribution in [3.8, 4) is 0 Å². The normalized spacial score (nSPS) is 23.0. The third-order valence-corrected chi connectivity index (χ3v) is 6.20. The van der Waals surface area contributed by atoms with E-state index in [-0.39, 0.29) is 11.0 Å². The first-order valence-corrected chi connectivity index (χ1v) is 9.53. The van der Waals surface area contributed by atoms with Gasteiger partial charge in [-0.05, 0) is 44.6 Å². The third kappa shape index (κ3) is 3.84. The number of aryl methyl sites for hydroxylation is 1. The molecule has 1 heterocycles. The van der Waals surface area contributed by atoms with Gasteiger partial charge in [-0.2, -0.15) is 0 Å². The van der Waals surface area contributed by atoms with Gasteiger partial charge in [-0.25, -0.2) is 18.4 Å². The lowest BCUT2D eigenvalue weighted by Gasteiger charge is -2.30. The van der Waals surface area contributed by atoms with Gasteiger partial charge in [0, 0.05) is 4.88 Å². The lowest BCUT2D eigenvalue weighted by atomic mass is 9.85. The molecule has 2 N–H and O–H groups in total. The summed E-state index contributed by atoms with van der Waals surface area (Å²) >= 11 is 1.11. The van der Waals surface area contributed by atoms with Gasteiger partial charge >= 0.3 is 5.97 Å². The van der Waals surface area contributed by atoms with Gasteiger partial charge in [-0.1, -0.05) is 13.3 Å². The molecule has 0 spiro atoms. The first kappa shape index (κ1) is 16.5. The number of hydrogen-bond acceptors (Lipinski definition) is 5. The van der Waals surface area contributed by atoms with Crippen LogP contribution in [-0.4, -0.2) is 20.5 Å². The Kier molecular flexibility index (Phi) is 5.06. The number of sulfonamides is 1. The molecule has 1 fully saturated rings. The first-order valence-electron chi connectivity index (χ1n) is 7.17. The third-order valence-electron chi connectivity index (χ3n) is 4.00. The molecule has 1 aromatic rings. The number of nitrogens with two attached hydrogens (primary N) is 1. The SMILES string of the molecule is CCC1CCCCC1OC(=O)c1cc(S(N)(=O)=O)c(C)s1. The zero-order valence-electron chi connectivity index (χ0n) is 12.3. The molecular formula is C14H21NO4S2. The maximum absolute atomic E-state index is 12.2. The van der Waals surface area contributed by atoms with Gasteiger partial charge < -0.3 is 4.74 Å². The van der Waals surface area contributed by atoms with Crippen molar-refractivity contribution in [1.82, 2.24) is 0 Å². The van der Waals surface area contributed by atoms with Gasteiger partial charge in [-0.3, -0.25) is 0 Å². The van der Waals surface area contributed by atoms with Crippen molar-refractivity contribution in [3.05, 3.63) is 15.8 Å². The number of carbonyl (C=O) groups excluding carboxylic acids is 1. The Bertz CT molecular complexity index is 621. The van der Waals surface area contributed by atoms with Crippen molar-refractivity contribution in [1.29, 1.82) is 0 Å². The fraction of sp³-hybridized carbons (Fsp3) is 0.643. The monoisotopic (exact) mass is 331 g/mol. The topological polar surface area (TPSA) is 86.5 Å². The summed E-state index contributed by atoms with van der Waals surface area (Å²) in [6.45, 7) is 3.74. The fourth-order valence-corrected chi connectivity index (χ4v) is 4.87. The molecular weight excluding hydrogens is 310 g/mol. The summed E-state index contributed by atoms with van der Waals surface area (Å²) < 4.78 is 28.4. The lowest BCUT2D eigenvalue weighted by molar-refractivity contribution is 0.00120. The van der Waals surface area contributed by atoms with Crippen molar-refractivity contribution in [2.45, 2.75) is 57.0 Å². The molecule has 1 saturated carbocycles. The van der Waals surface area contributed by atoms with Crippen LogP contribution in [0.1, 0.15) is 53.6 Å². The average Bonchev–Trinajstić information content (AvgIpc) is 2.81. The predicted molar refractivity (Wildman–Crippen MR) is 81.9 cm³/mol. The molecule has 0 saturated heterocycles. The highest BCUT2D eigenvalue weighted by atomic mass is 32.2. The van der Waals surface area contributed by atoms with E-state index in [0.717, 1.165) is 37.0 Å². The standard InChI is InChI=1S/C14H21NO4S2/c1-3-10-6-4-5-7-11(10)19-14(16)12-8-13(9(2)20-12)21(15,17)18/h8,10-11H,3-7H2,1-2H3,(H2,15,17,18). The van der Waals surface area contributed by atoms with Gasteiger partial charge in [0.1, 0.15) is 11.0 Å². The van der Waals surface area contributed by atoms with E-state index in [1.807, 2.05) is 0 Å². The van der Waals surface area contributed by atoms with E-state index >= 15 is 0 Å². The van der Waals surface area contributed by atoms with E-state index in [1.54, 1.807) is 6.92 Å². The van der Waals surface area contributed by atoms with Gasteiger partial charge in [0.05, 0.1) is 4.90 Å². The lowest BCUT2D eigenvalue weighted by Crippen LogP contribution is -2.29. The largest absolute Gasteiger partial charge is 0.458 e. The summed E-state index contributed by atoms with van der Waals surface area (Å²) in [6, 6.07) is 1.32. The van der Waals surface area contributed by atoms with Crippen LogP contribution in [0.15, 0.2) is 11.0 Å². The second kappa shape index (κ2) is 6.46. The molecule has 5 nitrogen and oxygen atoms in total. The highest BCUT2D eigenvalue weighted by molar-refractivity contribution is 7.89. The molecule has 2 atom stereocenters. The Hall–Kier alpha value is -0.920. The maximum Gasteiger partial charge on any atom is 0.348 e. The Morgan fingerprint density at radius 1 is 1.43 bits per heavy atom. The quantitative estimate of drug-likeness (QED) is 0.860. The van der Waals surface area contributed by atoms with Crippen LogP contribution in [0.5, 0.6) is 0 Å². The molecule has 1 aliphatic rings. The Morgan fingerprint density at radius 3 is 2.67 bits per heavy atom. The Balaban J connectivity index is 2.13. The highest BCUT2D eigenvalue weighted by Crippen LogP contribution is 2.31. The number of rotatable bonds is 4. The Morgan fingerprint density at radius 2 is 2.10 bits per heavy atom. The zero-order valence-corrected chi connectivity index (χ0v) is 13.9. The molecule has 0 aromatic carbocycles. The smallest absolute Gasteiger partial charge is 0.348 e. The fourth-order valence-electron chi connectivity index (χ4n) is 2.84. The minimum atomic E-state index is -3.79. The molecule has 2 rings (SSSR count). The molecule has 0 amide bonds. The average molecular weight is 331 g/mol. The molecule has 1 aromatic heterocycles. The van der Waals surface area contributed by atoms with Crippen molar-refractivity contribution in [3.63, 3.8) is 0 Å². The second-order valence-corrected chi connectivity index (χ2v) is 8.26. The molecule has 0 aliphatic heterocycles.